The number of rotatable bonds is 6. The zero-order chi connectivity index (χ0) is 16.7. The summed E-state index contributed by atoms with van der Waals surface area (Å²) in [4.78, 5) is 18.4. The van der Waals surface area contributed by atoms with Crippen LogP contribution in [-0.4, -0.2) is 61.6 Å². The minimum Gasteiger partial charge on any atom is -0.356 e. The van der Waals surface area contributed by atoms with Gasteiger partial charge in [0.25, 0.3) is 0 Å². The Balaban J connectivity index is 0.00000484. The van der Waals surface area contributed by atoms with Crippen molar-refractivity contribution in [3.8, 4) is 0 Å². The zero-order valence-corrected chi connectivity index (χ0v) is 17.7. The van der Waals surface area contributed by atoms with Gasteiger partial charge in [0.15, 0.2) is 5.96 Å². The van der Waals surface area contributed by atoms with Crippen molar-refractivity contribution in [2.45, 2.75) is 59.2 Å². The lowest BCUT2D eigenvalue weighted by Crippen LogP contribution is -2.47. The van der Waals surface area contributed by atoms with Gasteiger partial charge in [-0.05, 0) is 33.6 Å². The van der Waals surface area contributed by atoms with Gasteiger partial charge in [0, 0.05) is 51.2 Å². The third-order valence-electron chi connectivity index (χ3n) is 4.01. The predicted octanol–water partition coefficient (Wildman–Crippen LogP) is 1.41. The fourth-order valence-electron chi connectivity index (χ4n) is 2.67. The van der Waals surface area contributed by atoms with Crippen LogP contribution in [0.5, 0.6) is 0 Å². The summed E-state index contributed by atoms with van der Waals surface area (Å²) in [5.41, 5.74) is 0. The molecular weight excluding hydrogens is 405 g/mol. The van der Waals surface area contributed by atoms with E-state index in [0.29, 0.717) is 31.0 Å². The van der Waals surface area contributed by atoms with Crippen molar-refractivity contribution in [2.24, 2.45) is 10.9 Å². The fourth-order valence-corrected chi connectivity index (χ4v) is 2.67. The van der Waals surface area contributed by atoms with E-state index in [9.17, 15) is 4.79 Å². The second-order valence-corrected chi connectivity index (χ2v) is 6.75. The summed E-state index contributed by atoms with van der Waals surface area (Å²) < 4.78 is 0. The fraction of sp³-hybridized carbons (Fsp3) is 0.875. The van der Waals surface area contributed by atoms with Crippen molar-refractivity contribution in [1.29, 1.82) is 0 Å². The summed E-state index contributed by atoms with van der Waals surface area (Å²) in [7, 11) is 1.77. The Morgan fingerprint density at radius 2 is 1.91 bits per heavy atom. The highest BCUT2D eigenvalue weighted by atomic mass is 127. The average Bonchev–Trinajstić information content (AvgIpc) is 2.78. The summed E-state index contributed by atoms with van der Waals surface area (Å²) in [6.07, 6.45) is 0.456. The monoisotopic (exact) mass is 439 g/mol. The molecule has 23 heavy (non-hydrogen) atoms. The van der Waals surface area contributed by atoms with Crippen LogP contribution in [0.2, 0.25) is 0 Å². The van der Waals surface area contributed by atoms with Gasteiger partial charge in [0.1, 0.15) is 0 Å². The average molecular weight is 439 g/mol. The van der Waals surface area contributed by atoms with Crippen molar-refractivity contribution in [3.05, 3.63) is 0 Å². The highest BCUT2D eigenvalue weighted by molar-refractivity contribution is 14.0. The summed E-state index contributed by atoms with van der Waals surface area (Å²) in [5.74, 6) is 1.43. The lowest BCUT2D eigenvalue weighted by molar-refractivity contribution is -0.121. The topological polar surface area (TPSA) is 68.8 Å². The molecule has 0 saturated carbocycles. The molecule has 7 heteroatoms. The van der Waals surface area contributed by atoms with Crippen LogP contribution >= 0.6 is 24.0 Å². The molecule has 0 bridgehead atoms. The van der Waals surface area contributed by atoms with Crippen LogP contribution in [0.4, 0.5) is 0 Å². The molecule has 1 aliphatic rings. The summed E-state index contributed by atoms with van der Waals surface area (Å²) in [5, 5.41) is 9.59. The quantitative estimate of drug-likeness (QED) is 0.333. The van der Waals surface area contributed by atoms with Gasteiger partial charge in [-0.3, -0.25) is 14.7 Å². The third-order valence-corrected chi connectivity index (χ3v) is 4.01. The molecule has 136 valence electrons. The van der Waals surface area contributed by atoms with E-state index in [-0.39, 0.29) is 35.9 Å². The Morgan fingerprint density at radius 3 is 2.39 bits per heavy atom. The van der Waals surface area contributed by atoms with E-state index in [2.05, 4.69) is 46.6 Å². The minimum atomic E-state index is 0. The number of amides is 1. The molecule has 0 aromatic heterocycles. The van der Waals surface area contributed by atoms with Crippen LogP contribution in [0.15, 0.2) is 4.99 Å². The first-order valence-corrected chi connectivity index (χ1v) is 8.34. The van der Waals surface area contributed by atoms with Crippen LogP contribution in [0.3, 0.4) is 0 Å². The summed E-state index contributed by atoms with van der Waals surface area (Å²) >= 11 is 0. The molecule has 0 spiro atoms. The lowest BCUT2D eigenvalue weighted by atomic mass is 10.1. The number of nitrogens with one attached hydrogen (secondary N) is 3. The number of guanidine groups is 1. The minimum absolute atomic E-state index is 0. The first-order chi connectivity index (χ1) is 10.3. The maximum absolute atomic E-state index is 11.6. The van der Waals surface area contributed by atoms with E-state index in [1.54, 1.807) is 7.05 Å². The van der Waals surface area contributed by atoms with Crippen molar-refractivity contribution < 1.29 is 4.79 Å². The van der Waals surface area contributed by atoms with Gasteiger partial charge in [0.05, 0.1) is 0 Å². The van der Waals surface area contributed by atoms with Crippen LogP contribution < -0.4 is 16.0 Å². The van der Waals surface area contributed by atoms with Gasteiger partial charge < -0.3 is 16.0 Å². The van der Waals surface area contributed by atoms with E-state index < -0.39 is 0 Å². The molecule has 2 atom stereocenters. The van der Waals surface area contributed by atoms with Gasteiger partial charge in [0.2, 0.25) is 5.91 Å². The van der Waals surface area contributed by atoms with Crippen molar-refractivity contribution in [2.75, 3.05) is 26.7 Å². The standard InChI is InChI=1S/C16H33N5O.HI/c1-11(2)19-15(22)7-8-18-16(17-6)20-14-10-21(12(3)4)9-13(14)5;/h11-14H,7-10H2,1-6H3,(H,19,22)(H2,17,18,20);1H. The van der Waals surface area contributed by atoms with Crippen molar-refractivity contribution in [1.82, 2.24) is 20.9 Å². The molecule has 6 nitrogen and oxygen atoms in total. The maximum atomic E-state index is 11.6. The molecule has 0 radical (unpaired) electrons. The molecule has 1 heterocycles. The van der Waals surface area contributed by atoms with Crippen molar-refractivity contribution in [3.63, 3.8) is 0 Å². The number of carbonyl (C=O) groups excluding carboxylic acids is 1. The molecule has 0 aromatic carbocycles. The normalized spacial score (nSPS) is 22.2. The molecule has 2 unspecified atom stereocenters. The number of halogens is 1. The summed E-state index contributed by atoms with van der Waals surface area (Å²) in [6, 6.07) is 1.16. The van der Waals surface area contributed by atoms with Gasteiger partial charge in [-0.25, -0.2) is 0 Å². The highest BCUT2D eigenvalue weighted by Gasteiger charge is 2.31. The van der Waals surface area contributed by atoms with E-state index in [1.807, 2.05) is 13.8 Å². The number of likely N-dealkylation sites (tertiary alicyclic amines) is 1. The highest BCUT2D eigenvalue weighted by Crippen LogP contribution is 2.18. The second kappa shape index (κ2) is 11.1. The zero-order valence-electron chi connectivity index (χ0n) is 15.3. The molecule has 1 rings (SSSR count). The van der Waals surface area contributed by atoms with E-state index in [0.717, 1.165) is 19.0 Å². The van der Waals surface area contributed by atoms with Crippen molar-refractivity contribution >= 4 is 35.8 Å². The van der Waals surface area contributed by atoms with Gasteiger partial charge in [-0.1, -0.05) is 6.92 Å². The smallest absolute Gasteiger partial charge is 0.221 e. The first kappa shape index (κ1) is 22.4. The third kappa shape index (κ3) is 8.19. The second-order valence-electron chi connectivity index (χ2n) is 6.75. The molecular formula is C16H34IN5O. The van der Waals surface area contributed by atoms with Gasteiger partial charge in [-0.2, -0.15) is 0 Å². The number of aliphatic imine (C=N–C) groups is 1. The Labute approximate surface area is 158 Å². The molecule has 0 aromatic rings. The Kier molecular flexibility index (Phi) is 10.8. The molecule has 1 amide bonds. The SMILES string of the molecule is CN=C(NCCC(=O)NC(C)C)NC1CN(C(C)C)CC1C.I. The molecule has 0 aliphatic carbocycles. The molecule has 1 fully saturated rings. The summed E-state index contributed by atoms with van der Waals surface area (Å²) in [6.45, 7) is 13.4. The number of nitrogens with zero attached hydrogens (tertiary/aromatic N) is 2. The van der Waals surface area contributed by atoms with E-state index in [4.69, 9.17) is 0 Å². The van der Waals surface area contributed by atoms with Crippen LogP contribution in [0.25, 0.3) is 0 Å². The Hall–Kier alpha value is -0.570. The number of hydrogen-bond donors (Lipinski definition) is 3. The van der Waals surface area contributed by atoms with Gasteiger partial charge in [-0.15, -0.1) is 24.0 Å². The van der Waals surface area contributed by atoms with Crippen LogP contribution in [0, 0.1) is 5.92 Å². The van der Waals surface area contributed by atoms with E-state index >= 15 is 0 Å². The lowest BCUT2D eigenvalue weighted by Gasteiger charge is -2.22. The Bertz CT molecular complexity index is 387. The number of carbonyl (C=O) groups is 1. The Morgan fingerprint density at radius 1 is 1.26 bits per heavy atom. The maximum Gasteiger partial charge on any atom is 0.221 e. The van der Waals surface area contributed by atoms with E-state index in [1.165, 1.54) is 0 Å². The number of hydrogen-bond acceptors (Lipinski definition) is 3. The van der Waals surface area contributed by atoms with Crippen LogP contribution in [-0.2, 0) is 4.79 Å². The molecule has 1 aliphatic heterocycles. The molecule has 3 N–H and O–H groups in total. The van der Waals surface area contributed by atoms with Gasteiger partial charge >= 0.3 is 0 Å². The largest absolute Gasteiger partial charge is 0.356 e. The van der Waals surface area contributed by atoms with Crippen LogP contribution in [0.1, 0.15) is 41.0 Å². The molecule has 1 saturated heterocycles. The first-order valence-electron chi connectivity index (χ1n) is 8.34. The predicted molar refractivity (Wildman–Crippen MR) is 107 cm³/mol.